The summed E-state index contributed by atoms with van der Waals surface area (Å²) >= 11 is 0. The molecule has 2 atom stereocenters. The molecular formula is C16H20FN3O2. The molecule has 2 fully saturated rings. The molecule has 0 spiro atoms. The van der Waals surface area contributed by atoms with Crippen LogP contribution in [0.25, 0.3) is 0 Å². The van der Waals surface area contributed by atoms with Crippen molar-refractivity contribution >= 4 is 11.8 Å². The van der Waals surface area contributed by atoms with E-state index in [0.717, 1.165) is 25.2 Å². The maximum Gasteiger partial charge on any atom is 0.312 e. The van der Waals surface area contributed by atoms with Gasteiger partial charge in [0.05, 0.1) is 6.04 Å². The lowest BCUT2D eigenvalue weighted by atomic mass is 9.99. The molecule has 0 aliphatic carbocycles. The van der Waals surface area contributed by atoms with Crippen LogP contribution in [0.4, 0.5) is 4.39 Å². The summed E-state index contributed by atoms with van der Waals surface area (Å²) in [6.45, 7) is 5.61. The first kappa shape index (κ1) is 15.0. The Hall–Kier alpha value is -1.95. The van der Waals surface area contributed by atoms with E-state index in [2.05, 4.69) is 17.1 Å². The summed E-state index contributed by atoms with van der Waals surface area (Å²) in [7, 11) is 0. The van der Waals surface area contributed by atoms with Gasteiger partial charge in [-0.1, -0.05) is 19.1 Å². The molecule has 2 aliphatic rings. The molecule has 2 aliphatic heterocycles. The molecule has 0 bridgehead atoms. The van der Waals surface area contributed by atoms with Crippen molar-refractivity contribution in [2.24, 2.45) is 0 Å². The van der Waals surface area contributed by atoms with Crippen LogP contribution in [0.15, 0.2) is 24.3 Å². The molecular weight excluding hydrogens is 285 g/mol. The Balaban J connectivity index is 1.60. The number of piperazine rings is 2. The number of hydrogen-bond donors (Lipinski definition) is 1. The summed E-state index contributed by atoms with van der Waals surface area (Å²) in [6.07, 6.45) is 0. The van der Waals surface area contributed by atoms with Gasteiger partial charge in [-0.15, -0.1) is 0 Å². The normalized spacial score (nSPS) is 23.9. The summed E-state index contributed by atoms with van der Waals surface area (Å²) in [5.41, 5.74) is 1.11. The van der Waals surface area contributed by atoms with Crippen LogP contribution in [0.5, 0.6) is 0 Å². The molecule has 1 N–H and O–H groups in total. The minimum absolute atomic E-state index is 0.0550. The molecule has 5 nitrogen and oxygen atoms in total. The summed E-state index contributed by atoms with van der Waals surface area (Å²) in [6, 6.07) is 6.67. The van der Waals surface area contributed by atoms with Crippen LogP contribution in [0.2, 0.25) is 0 Å². The molecule has 1 aromatic rings. The van der Waals surface area contributed by atoms with E-state index in [1.165, 1.54) is 12.1 Å². The van der Waals surface area contributed by atoms with Gasteiger partial charge in [-0.05, 0) is 23.6 Å². The Kier molecular flexibility index (Phi) is 4.11. The summed E-state index contributed by atoms with van der Waals surface area (Å²) in [5, 5.41) is 2.64. The number of hydrogen-bond acceptors (Lipinski definition) is 3. The largest absolute Gasteiger partial charge is 0.346 e. The van der Waals surface area contributed by atoms with E-state index in [-0.39, 0.29) is 11.9 Å². The van der Waals surface area contributed by atoms with Crippen LogP contribution in [-0.4, -0.2) is 60.4 Å². The number of halogens is 1. The lowest BCUT2D eigenvalue weighted by Crippen LogP contribution is -2.65. The first-order valence-electron chi connectivity index (χ1n) is 7.61. The number of nitrogens with one attached hydrogen (secondary N) is 1. The minimum Gasteiger partial charge on any atom is -0.346 e. The molecule has 118 valence electrons. The number of benzene rings is 1. The molecule has 2 amide bonds. The average molecular weight is 305 g/mol. The van der Waals surface area contributed by atoms with Gasteiger partial charge >= 0.3 is 11.8 Å². The summed E-state index contributed by atoms with van der Waals surface area (Å²) < 4.78 is 13.0. The van der Waals surface area contributed by atoms with Gasteiger partial charge in [0.15, 0.2) is 0 Å². The molecule has 6 heteroatoms. The highest BCUT2D eigenvalue weighted by atomic mass is 19.1. The maximum atomic E-state index is 13.0. The first-order chi connectivity index (χ1) is 10.5. The monoisotopic (exact) mass is 305 g/mol. The molecule has 2 heterocycles. The van der Waals surface area contributed by atoms with Gasteiger partial charge in [-0.3, -0.25) is 14.5 Å². The predicted molar refractivity (Wildman–Crippen MR) is 79.8 cm³/mol. The highest BCUT2D eigenvalue weighted by molar-refractivity contribution is 6.35. The van der Waals surface area contributed by atoms with E-state index in [9.17, 15) is 14.0 Å². The molecule has 0 unspecified atom stereocenters. The van der Waals surface area contributed by atoms with Crippen molar-refractivity contribution < 1.29 is 14.0 Å². The number of carbonyl (C=O) groups is 2. The van der Waals surface area contributed by atoms with Crippen LogP contribution >= 0.6 is 0 Å². The highest BCUT2D eigenvalue weighted by Crippen LogP contribution is 2.20. The minimum atomic E-state index is -0.496. The smallest absolute Gasteiger partial charge is 0.312 e. The fourth-order valence-electron chi connectivity index (χ4n) is 3.23. The third-order valence-electron chi connectivity index (χ3n) is 4.49. The second-order valence-corrected chi connectivity index (χ2v) is 6.07. The first-order valence-corrected chi connectivity index (χ1v) is 7.61. The quantitative estimate of drug-likeness (QED) is 0.831. The molecule has 1 aromatic carbocycles. The van der Waals surface area contributed by atoms with E-state index in [1.54, 1.807) is 4.90 Å². The van der Waals surface area contributed by atoms with Gasteiger partial charge in [-0.2, -0.15) is 0 Å². The number of rotatable bonds is 3. The molecule has 0 radical (unpaired) electrons. The Labute approximate surface area is 129 Å². The van der Waals surface area contributed by atoms with Crippen molar-refractivity contribution in [2.75, 3.05) is 32.7 Å². The van der Waals surface area contributed by atoms with E-state index < -0.39 is 11.8 Å². The third-order valence-corrected chi connectivity index (χ3v) is 4.49. The number of carbonyl (C=O) groups excluding carboxylic acids is 2. The lowest BCUT2D eigenvalue weighted by molar-refractivity contribution is -0.152. The standard InChI is InChI=1S/C16H20FN3O2/c1-11(12-2-4-13(17)5-3-12)9-19-6-7-20-14(10-19)8-18-15(21)16(20)22/h2-5,11,14H,6-10H2,1H3,(H,18,21)/t11-,14-/m0/s1. The Morgan fingerprint density at radius 2 is 2.00 bits per heavy atom. The van der Waals surface area contributed by atoms with Crippen LogP contribution in [-0.2, 0) is 9.59 Å². The number of amides is 2. The summed E-state index contributed by atoms with van der Waals surface area (Å²) in [4.78, 5) is 27.2. The molecule has 0 aromatic heterocycles. The Morgan fingerprint density at radius 3 is 2.73 bits per heavy atom. The van der Waals surface area contributed by atoms with Gasteiger partial charge in [0.1, 0.15) is 5.82 Å². The Morgan fingerprint density at radius 1 is 1.27 bits per heavy atom. The average Bonchev–Trinajstić information content (AvgIpc) is 2.51. The van der Waals surface area contributed by atoms with Crippen LogP contribution in [0, 0.1) is 5.82 Å². The predicted octanol–water partition coefficient (Wildman–Crippen LogP) is 0.572. The van der Waals surface area contributed by atoms with Gasteiger partial charge in [0.25, 0.3) is 0 Å². The second kappa shape index (κ2) is 6.04. The van der Waals surface area contributed by atoms with Gasteiger partial charge in [0.2, 0.25) is 0 Å². The Bertz CT molecular complexity index is 575. The van der Waals surface area contributed by atoms with Crippen LogP contribution in [0.1, 0.15) is 18.4 Å². The zero-order valence-corrected chi connectivity index (χ0v) is 12.6. The van der Waals surface area contributed by atoms with Gasteiger partial charge in [0, 0.05) is 32.7 Å². The van der Waals surface area contributed by atoms with Crippen molar-refractivity contribution in [3.8, 4) is 0 Å². The van der Waals surface area contributed by atoms with E-state index in [0.29, 0.717) is 19.0 Å². The summed E-state index contributed by atoms with van der Waals surface area (Å²) in [5.74, 6) is -0.839. The highest BCUT2D eigenvalue weighted by Gasteiger charge is 2.37. The van der Waals surface area contributed by atoms with Crippen molar-refractivity contribution in [2.45, 2.75) is 18.9 Å². The van der Waals surface area contributed by atoms with E-state index >= 15 is 0 Å². The van der Waals surface area contributed by atoms with Crippen molar-refractivity contribution in [3.05, 3.63) is 35.6 Å². The fourth-order valence-corrected chi connectivity index (χ4v) is 3.23. The maximum absolute atomic E-state index is 13.0. The van der Waals surface area contributed by atoms with E-state index in [1.807, 2.05) is 12.1 Å². The molecule has 2 saturated heterocycles. The van der Waals surface area contributed by atoms with E-state index in [4.69, 9.17) is 0 Å². The topological polar surface area (TPSA) is 52.7 Å². The zero-order valence-electron chi connectivity index (χ0n) is 12.6. The van der Waals surface area contributed by atoms with Crippen LogP contribution < -0.4 is 5.32 Å². The number of fused-ring (bicyclic) bond motifs is 1. The molecule has 0 saturated carbocycles. The third kappa shape index (κ3) is 2.97. The molecule has 22 heavy (non-hydrogen) atoms. The zero-order chi connectivity index (χ0) is 15.7. The molecule has 3 rings (SSSR count). The fraction of sp³-hybridized carbons (Fsp3) is 0.500. The van der Waals surface area contributed by atoms with Gasteiger partial charge in [-0.25, -0.2) is 4.39 Å². The SMILES string of the molecule is C[C@@H](CN1CCN2C(=O)C(=O)NC[C@H]2C1)c1ccc(F)cc1. The second-order valence-electron chi connectivity index (χ2n) is 6.07. The van der Waals surface area contributed by atoms with Gasteiger partial charge < -0.3 is 10.2 Å². The van der Waals surface area contributed by atoms with Crippen molar-refractivity contribution in [3.63, 3.8) is 0 Å². The van der Waals surface area contributed by atoms with Crippen molar-refractivity contribution in [1.82, 2.24) is 15.1 Å². The lowest BCUT2D eigenvalue weighted by Gasteiger charge is -2.44. The number of nitrogens with zero attached hydrogens (tertiary/aromatic N) is 2. The van der Waals surface area contributed by atoms with Crippen molar-refractivity contribution in [1.29, 1.82) is 0 Å². The van der Waals surface area contributed by atoms with Crippen LogP contribution in [0.3, 0.4) is 0 Å².